The lowest BCUT2D eigenvalue weighted by Gasteiger charge is -2.02. The molecule has 1 aromatic rings. The fourth-order valence-electron chi connectivity index (χ4n) is 0.958. The number of carbonyl (C=O) groups excluding carboxylic acids is 1. The molecule has 1 rings (SSSR count). The van der Waals surface area contributed by atoms with Gasteiger partial charge in [-0.2, -0.15) is 0 Å². The summed E-state index contributed by atoms with van der Waals surface area (Å²) in [7, 11) is 0. The highest BCUT2D eigenvalue weighted by molar-refractivity contribution is 5.56. The minimum Gasteiger partial charge on any atom is -0.300 e. The first kappa shape index (κ1) is 9.77. The second kappa shape index (κ2) is 4.07. The van der Waals surface area contributed by atoms with E-state index >= 15 is 0 Å². The highest BCUT2D eigenvalue weighted by atomic mass is 19.1. The monoisotopic (exact) mass is 188 g/mol. The standard InChI is InChI=1S/C9H7F3O/c10-7-1-2-9(12)6(3-7)4-8(11)5-13/h1-3,5,8H,4H2. The van der Waals surface area contributed by atoms with Gasteiger partial charge in [-0.25, -0.2) is 13.2 Å². The van der Waals surface area contributed by atoms with Crippen molar-refractivity contribution >= 4 is 6.29 Å². The summed E-state index contributed by atoms with van der Waals surface area (Å²) in [4.78, 5) is 9.91. The zero-order valence-electron chi connectivity index (χ0n) is 6.64. The van der Waals surface area contributed by atoms with Crippen molar-refractivity contribution in [2.45, 2.75) is 12.6 Å². The molecule has 0 saturated heterocycles. The zero-order chi connectivity index (χ0) is 9.84. The molecule has 0 aliphatic rings. The molecule has 0 fully saturated rings. The quantitative estimate of drug-likeness (QED) is 0.663. The topological polar surface area (TPSA) is 17.1 Å². The summed E-state index contributed by atoms with van der Waals surface area (Å²) in [5.74, 6) is -1.35. The number of alkyl halides is 1. The Morgan fingerprint density at radius 2 is 2.08 bits per heavy atom. The van der Waals surface area contributed by atoms with E-state index in [1.807, 2.05) is 0 Å². The van der Waals surface area contributed by atoms with Crippen LogP contribution in [0.4, 0.5) is 13.2 Å². The summed E-state index contributed by atoms with van der Waals surface area (Å²) >= 11 is 0. The van der Waals surface area contributed by atoms with Gasteiger partial charge in [0.15, 0.2) is 12.5 Å². The van der Waals surface area contributed by atoms with Crippen molar-refractivity contribution in [3.8, 4) is 0 Å². The molecule has 1 atom stereocenters. The first-order valence-electron chi connectivity index (χ1n) is 3.67. The van der Waals surface area contributed by atoms with Crippen molar-refractivity contribution in [2.24, 2.45) is 0 Å². The maximum Gasteiger partial charge on any atom is 0.159 e. The fourth-order valence-corrected chi connectivity index (χ4v) is 0.958. The van der Waals surface area contributed by atoms with E-state index in [1.54, 1.807) is 0 Å². The van der Waals surface area contributed by atoms with Gasteiger partial charge in [-0.15, -0.1) is 0 Å². The second-order valence-electron chi connectivity index (χ2n) is 2.59. The lowest BCUT2D eigenvalue weighted by atomic mass is 10.1. The Morgan fingerprint density at radius 3 is 2.69 bits per heavy atom. The number of benzene rings is 1. The van der Waals surface area contributed by atoms with E-state index in [-0.39, 0.29) is 11.8 Å². The van der Waals surface area contributed by atoms with Gasteiger partial charge in [0.05, 0.1) is 0 Å². The lowest BCUT2D eigenvalue weighted by molar-refractivity contribution is -0.111. The minimum atomic E-state index is -1.78. The maximum absolute atomic E-state index is 12.8. The molecule has 0 amide bonds. The van der Waals surface area contributed by atoms with E-state index < -0.39 is 24.2 Å². The third-order valence-electron chi connectivity index (χ3n) is 1.57. The molecule has 0 aliphatic carbocycles. The van der Waals surface area contributed by atoms with E-state index in [1.165, 1.54) is 0 Å². The van der Waals surface area contributed by atoms with Crippen LogP contribution in [0.1, 0.15) is 5.56 Å². The lowest BCUT2D eigenvalue weighted by Crippen LogP contribution is -2.07. The summed E-state index contributed by atoms with van der Waals surface area (Å²) < 4.78 is 37.8. The highest BCUT2D eigenvalue weighted by Gasteiger charge is 2.10. The van der Waals surface area contributed by atoms with Gasteiger partial charge < -0.3 is 4.79 Å². The number of rotatable bonds is 3. The molecule has 1 unspecified atom stereocenters. The maximum atomic E-state index is 12.8. The third kappa shape index (κ3) is 2.57. The molecule has 0 spiro atoms. The normalized spacial score (nSPS) is 12.5. The summed E-state index contributed by atoms with van der Waals surface area (Å²) in [6.07, 6.45) is -2.14. The second-order valence-corrected chi connectivity index (χ2v) is 2.59. The molecule has 0 N–H and O–H groups in total. The summed E-state index contributed by atoms with van der Waals surface area (Å²) in [6.45, 7) is 0. The Balaban J connectivity index is 2.86. The Hall–Kier alpha value is -1.32. The molecule has 0 aromatic heterocycles. The van der Waals surface area contributed by atoms with Crippen molar-refractivity contribution in [3.63, 3.8) is 0 Å². The summed E-state index contributed by atoms with van der Waals surface area (Å²) in [6, 6.07) is 2.72. The van der Waals surface area contributed by atoms with Gasteiger partial charge in [-0.1, -0.05) is 0 Å². The van der Waals surface area contributed by atoms with Crippen molar-refractivity contribution in [2.75, 3.05) is 0 Å². The van der Waals surface area contributed by atoms with E-state index in [4.69, 9.17) is 0 Å². The average molecular weight is 188 g/mol. The SMILES string of the molecule is O=CC(F)Cc1cc(F)ccc1F. The molecule has 13 heavy (non-hydrogen) atoms. The Bertz CT molecular complexity index is 312. The van der Waals surface area contributed by atoms with Crippen LogP contribution in [0.15, 0.2) is 18.2 Å². The van der Waals surface area contributed by atoms with E-state index in [9.17, 15) is 18.0 Å². The molecule has 0 heterocycles. The van der Waals surface area contributed by atoms with Crippen LogP contribution in [0.25, 0.3) is 0 Å². The van der Waals surface area contributed by atoms with Gasteiger partial charge in [0, 0.05) is 6.42 Å². The van der Waals surface area contributed by atoms with Gasteiger partial charge in [-0.3, -0.25) is 0 Å². The first-order chi connectivity index (χ1) is 6.13. The van der Waals surface area contributed by atoms with E-state index in [2.05, 4.69) is 0 Å². The molecular formula is C9H7F3O. The van der Waals surface area contributed by atoms with Gasteiger partial charge in [0.25, 0.3) is 0 Å². The fraction of sp³-hybridized carbons (Fsp3) is 0.222. The molecule has 1 nitrogen and oxygen atoms in total. The summed E-state index contributed by atoms with van der Waals surface area (Å²) in [5, 5.41) is 0. The number of carbonyl (C=O) groups is 1. The Morgan fingerprint density at radius 1 is 1.38 bits per heavy atom. The van der Waals surface area contributed by atoms with Crippen LogP contribution in [0.5, 0.6) is 0 Å². The van der Waals surface area contributed by atoms with Crippen LogP contribution >= 0.6 is 0 Å². The Kier molecular flexibility index (Phi) is 3.06. The number of halogens is 3. The van der Waals surface area contributed by atoms with E-state index in [0.717, 1.165) is 18.2 Å². The van der Waals surface area contributed by atoms with Gasteiger partial charge in [-0.05, 0) is 23.8 Å². The van der Waals surface area contributed by atoms with Crippen LogP contribution in [0.3, 0.4) is 0 Å². The van der Waals surface area contributed by atoms with Gasteiger partial charge in [0.1, 0.15) is 11.6 Å². The largest absolute Gasteiger partial charge is 0.300 e. The van der Waals surface area contributed by atoms with E-state index in [0.29, 0.717) is 0 Å². The van der Waals surface area contributed by atoms with Crippen molar-refractivity contribution in [1.82, 2.24) is 0 Å². The molecule has 1 aromatic carbocycles. The van der Waals surface area contributed by atoms with Crippen LogP contribution in [0.2, 0.25) is 0 Å². The smallest absolute Gasteiger partial charge is 0.159 e. The highest BCUT2D eigenvalue weighted by Crippen LogP contribution is 2.12. The molecule has 0 bridgehead atoms. The molecule has 0 aliphatic heterocycles. The Labute approximate surface area is 73.2 Å². The van der Waals surface area contributed by atoms with Gasteiger partial charge >= 0.3 is 0 Å². The van der Waals surface area contributed by atoms with Crippen LogP contribution < -0.4 is 0 Å². The third-order valence-corrected chi connectivity index (χ3v) is 1.57. The molecule has 0 saturated carbocycles. The van der Waals surface area contributed by atoms with Crippen molar-refractivity contribution < 1.29 is 18.0 Å². The minimum absolute atomic E-state index is 0.0599. The van der Waals surface area contributed by atoms with Crippen LogP contribution in [-0.2, 0) is 11.2 Å². The van der Waals surface area contributed by atoms with Crippen LogP contribution in [0, 0.1) is 11.6 Å². The summed E-state index contributed by atoms with van der Waals surface area (Å²) in [5.41, 5.74) is -0.125. The van der Waals surface area contributed by atoms with Crippen molar-refractivity contribution in [1.29, 1.82) is 0 Å². The number of aldehydes is 1. The zero-order valence-corrected chi connectivity index (χ0v) is 6.64. The number of hydrogen-bond acceptors (Lipinski definition) is 1. The molecule has 4 heteroatoms. The van der Waals surface area contributed by atoms with Gasteiger partial charge in [0.2, 0.25) is 0 Å². The first-order valence-corrected chi connectivity index (χ1v) is 3.67. The van der Waals surface area contributed by atoms with Crippen LogP contribution in [-0.4, -0.2) is 12.5 Å². The number of hydrogen-bond donors (Lipinski definition) is 0. The van der Waals surface area contributed by atoms with Crippen molar-refractivity contribution in [3.05, 3.63) is 35.4 Å². The average Bonchev–Trinajstić information content (AvgIpc) is 2.11. The molecular weight excluding hydrogens is 181 g/mol. The predicted molar refractivity (Wildman–Crippen MR) is 41.0 cm³/mol. The molecule has 70 valence electrons. The predicted octanol–water partition coefficient (Wildman–Crippen LogP) is 2.04. The molecule has 0 radical (unpaired) electrons.